The van der Waals surface area contributed by atoms with Gasteiger partial charge in [-0.25, -0.2) is 9.97 Å². The van der Waals surface area contributed by atoms with E-state index in [-0.39, 0.29) is 0 Å². The summed E-state index contributed by atoms with van der Waals surface area (Å²) in [6.45, 7) is 1.61. The van der Waals surface area contributed by atoms with Crippen molar-refractivity contribution in [2.24, 2.45) is 0 Å². The summed E-state index contributed by atoms with van der Waals surface area (Å²) in [6.07, 6.45) is 9.16. The maximum atomic E-state index is 5.61. The Labute approximate surface area is 111 Å². The SMILES string of the molecule is Nc1cn(Cc2cccc(Cn3ccnc3)c2)cn1. The number of nitrogens with two attached hydrogens (primary N) is 1. The van der Waals surface area contributed by atoms with Crippen LogP contribution in [0.2, 0.25) is 0 Å². The first-order valence-electron chi connectivity index (χ1n) is 6.10. The molecule has 0 unspecified atom stereocenters. The zero-order valence-corrected chi connectivity index (χ0v) is 10.5. The Morgan fingerprint density at radius 1 is 1.05 bits per heavy atom. The van der Waals surface area contributed by atoms with Gasteiger partial charge in [0.2, 0.25) is 0 Å². The van der Waals surface area contributed by atoms with Crippen molar-refractivity contribution in [1.82, 2.24) is 19.1 Å². The first-order chi connectivity index (χ1) is 9.29. The van der Waals surface area contributed by atoms with Crippen molar-refractivity contribution in [3.63, 3.8) is 0 Å². The number of nitrogens with zero attached hydrogens (tertiary/aromatic N) is 4. The predicted molar refractivity (Wildman–Crippen MR) is 73.5 cm³/mol. The van der Waals surface area contributed by atoms with E-state index in [2.05, 4.69) is 34.2 Å². The lowest BCUT2D eigenvalue weighted by Gasteiger charge is -2.06. The summed E-state index contributed by atoms with van der Waals surface area (Å²) < 4.78 is 4.03. The van der Waals surface area contributed by atoms with E-state index in [1.165, 1.54) is 11.1 Å². The van der Waals surface area contributed by atoms with Crippen LogP contribution in [-0.4, -0.2) is 19.1 Å². The van der Waals surface area contributed by atoms with E-state index in [9.17, 15) is 0 Å². The second-order valence-electron chi connectivity index (χ2n) is 4.53. The molecule has 0 radical (unpaired) electrons. The molecule has 96 valence electrons. The monoisotopic (exact) mass is 253 g/mol. The van der Waals surface area contributed by atoms with E-state index < -0.39 is 0 Å². The molecule has 0 aliphatic rings. The highest BCUT2D eigenvalue weighted by Gasteiger charge is 2.00. The van der Waals surface area contributed by atoms with Gasteiger partial charge in [-0.2, -0.15) is 0 Å². The molecule has 0 spiro atoms. The number of anilines is 1. The molecule has 0 aliphatic carbocycles. The Morgan fingerprint density at radius 2 is 1.84 bits per heavy atom. The third-order valence-electron chi connectivity index (χ3n) is 2.93. The van der Waals surface area contributed by atoms with Gasteiger partial charge >= 0.3 is 0 Å². The summed E-state index contributed by atoms with van der Waals surface area (Å²) in [5, 5.41) is 0. The molecule has 1 aromatic carbocycles. The molecule has 2 aromatic heterocycles. The molecular formula is C14H15N5. The van der Waals surface area contributed by atoms with Gasteiger partial charge < -0.3 is 14.9 Å². The molecule has 19 heavy (non-hydrogen) atoms. The van der Waals surface area contributed by atoms with Crippen molar-refractivity contribution in [2.75, 3.05) is 5.73 Å². The topological polar surface area (TPSA) is 61.7 Å². The van der Waals surface area contributed by atoms with E-state index in [1.54, 1.807) is 12.5 Å². The first kappa shape index (κ1) is 11.5. The Morgan fingerprint density at radius 3 is 2.47 bits per heavy atom. The van der Waals surface area contributed by atoms with Crippen molar-refractivity contribution < 1.29 is 0 Å². The molecule has 0 atom stereocenters. The van der Waals surface area contributed by atoms with Crippen molar-refractivity contribution in [1.29, 1.82) is 0 Å². The molecule has 0 bridgehead atoms. The molecule has 2 N–H and O–H groups in total. The maximum Gasteiger partial charge on any atom is 0.141 e. The minimum Gasteiger partial charge on any atom is -0.382 e. The minimum absolute atomic E-state index is 0.551. The van der Waals surface area contributed by atoms with Gasteiger partial charge in [0.05, 0.1) is 12.7 Å². The lowest BCUT2D eigenvalue weighted by Crippen LogP contribution is -2.00. The van der Waals surface area contributed by atoms with Crippen LogP contribution in [0.1, 0.15) is 11.1 Å². The number of hydrogen-bond donors (Lipinski definition) is 1. The van der Waals surface area contributed by atoms with Gasteiger partial charge in [-0.05, 0) is 11.1 Å². The van der Waals surface area contributed by atoms with Gasteiger partial charge in [0.1, 0.15) is 5.82 Å². The van der Waals surface area contributed by atoms with E-state index in [0.717, 1.165) is 13.1 Å². The van der Waals surface area contributed by atoms with Crippen LogP contribution >= 0.6 is 0 Å². The smallest absolute Gasteiger partial charge is 0.141 e. The van der Waals surface area contributed by atoms with Crippen LogP contribution in [0.4, 0.5) is 5.82 Å². The second-order valence-corrected chi connectivity index (χ2v) is 4.53. The number of imidazole rings is 2. The van der Waals surface area contributed by atoms with Crippen molar-refractivity contribution in [2.45, 2.75) is 13.1 Å². The summed E-state index contributed by atoms with van der Waals surface area (Å²) in [6, 6.07) is 8.48. The largest absolute Gasteiger partial charge is 0.382 e. The molecule has 0 saturated heterocycles. The number of rotatable bonds is 4. The van der Waals surface area contributed by atoms with E-state index >= 15 is 0 Å². The molecule has 0 saturated carbocycles. The molecular weight excluding hydrogens is 238 g/mol. The molecule has 2 heterocycles. The predicted octanol–water partition coefficient (Wildman–Crippen LogP) is 1.76. The lowest BCUT2D eigenvalue weighted by atomic mass is 10.1. The van der Waals surface area contributed by atoms with Crippen LogP contribution in [0.25, 0.3) is 0 Å². The maximum absolute atomic E-state index is 5.61. The molecule has 3 aromatic rings. The molecule has 0 fully saturated rings. The zero-order valence-electron chi connectivity index (χ0n) is 10.5. The molecule has 5 heteroatoms. The average Bonchev–Trinajstić information content (AvgIpc) is 3.02. The van der Waals surface area contributed by atoms with Crippen LogP contribution in [0.3, 0.4) is 0 Å². The summed E-state index contributed by atoms with van der Waals surface area (Å²) in [4.78, 5) is 8.07. The van der Waals surface area contributed by atoms with Gasteiger partial charge in [-0.15, -0.1) is 0 Å². The molecule has 5 nitrogen and oxygen atoms in total. The average molecular weight is 253 g/mol. The number of benzene rings is 1. The number of aromatic nitrogens is 4. The number of nitrogen functional groups attached to an aromatic ring is 1. The van der Waals surface area contributed by atoms with E-state index in [4.69, 9.17) is 5.73 Å². The van der Waals surface area contributed by atoms with Gasteiger partial charge in [0.25, 0.3) is 0 Å². The minimum atomic E-state index is 0.551. The third-order valence-corrected chi connectivity index (χ3v) is 2.93. The van der Waals surface area contributed by atoms with Gasteiger partial charge in [0, 0.05) is 31.7 Å². The molecule has 0 amide bonds. The Bertz CT molecular complexity index is 654. The summed E-state index contributed by atoms with van der Waals surface area (Å²) >= 11 is 0. The van der Waals surface area contributed by atoms with Gasteiger partial charge in [0.15, 0.2) is 0 Å². The van der Waals surface area contributed by atoms with Crippen molar-refractivity contribution in [3.05, 3.63) is 66.6 Å². The van der Waals surface area contributed by atoms with Gasteiger partial charge in [-0.3, -0.25) is 0 Å². The fourth-order valence-electron chi connectivity index (χ4n) is 2.09. The van der Waals surface area contributed by atoms with E-state index in [1.807, 2.05) is 27.9 Å². The number of hydrogen-bond acceptors (Lipinski definition) is 3. The van der Waals surface area contributed by atoms with E-state index in [0.29, 0.717) is 5.82 Å². The van der Waals surface area contributed by atoms with Crippen LogP contribution < -0.4 is 5.73 Å². The third kappa shape index (κ3) is 2.82. The van der Waals surface area contributed by atoms with Crippen molar-refractivity contribution in [3.8, 4) is 0 Å². The Balaban J connectivity index is 1.76. The highest BCUT2D eigenvalue weighted by molar-refractivity contribution is 5.26. The Kier molecular flexibility index (Phi) is 3.02. The van der Waals surface area contributed by atoms with Crippen LogP contribution in [0.5, 0.6) is 0 Å². The summed E-state index contributed by atoms with van der Waals surface area (Å²) in [7, 11) is 0. The fraction of sp³-hybridized carbons (Fsp3) is 0.143. The lowest BCUT2D eigenvalue weighted by molar-refractivity contribution is 0.778. The van der Waals surface area contributed by atoms with Gasteiger partial charge in [-0.1, -0.05) is 24.3 Å². The van der Waals surface area contributed by atoms with Crippen molar-refractivity contribution >= 4 is 5.82 Å². The zero-order chi connectivity index (χ0) is 13.1. The molecule has 0 aliphatic heterocycles. The van der Waals surface area contributed by atoms with Crippen LogP contribution in [0.15, 0.2) is 55.5 Å². The summed E-state index contributed by atoms with van der Waals surface area (Å²) in [5.41, 5.74) is 8.10. The normalized spacial score (nSPS) is 10.7. The highest BCUT2D eigenvalue weighted by Crippen LogP contribution is 2.09. The molecule has 3 rings (SSSR count). The second kappa shape index (κ2) is 4.97. The summed E-state index contributed by atoms with van der Waals surface area (Å²) in [5.74, 6) is 0.551. The highest BCUT2D eigenvalue weighted by atomic mass is 15.1. The fourth-order valence-corrected chi connectivity index (χ4v) is 2.09. The van der Waals surface area contributed by atoms with Crippen LogP contribution in [-0.2, 0) is 13.1 Å². The standard InChI is InChI=1S/C14H15N5/c15-14-9-19(11-17-14)8-13-3-1-2-12(6-13)7-18-5-4-16-10-18/h1-6,9-11H,7-8,15H2. The quantitative estimate of drug-likeness (QED) is 0.770. The van der Waals surface area contributed by atoms with Crippen LogP contribution in [0, 0.1) is 0 Å². The Hall–Kier alpha value is -2.56. The first-order valence-corrected chi connectivity index (χ1v) is 6.10.